The summed E-state index contributed by atoms with van der Waals surface area (Å²) in [6.45, 7) is 0.780. The zero-order chi connectivity index (χ0) is 13.0. The maximum Gasteiger partial charge on any atom is 0.101 e. The van der Waals surface area contributed by atoms with Gasteiger partial charge in [0.15, 0.2) is 0 Å². The summed E-state index contributed by atoms with van der Waals surface area (Å²) in [7, 11) is 1.90. The molecule has 0 aliphatic rings. The van der Waals surface area contributed by atoms with E-state index in [4.69, 9.17) is 5.26 Å². The van der Waals surface area contributed by atoms with Crippen molar-refractivity contribution in [1.29, 1.82) is 5.26 Å². The molecule has 1 aromatic carbocycles. The highest BCUT2D eigenvalue weighted by Crippen LogP contribution is 2.20. The summed E-state index contributed by atoms with van der Waals surface area (Å²) in [4.78, 5) is 0. The van der Waals surface area contributed by atoms with Crippen LogP contribution in [0.2, 0.25) is 0 Å². The average Bonchev–Trinajstić information content (AvgIpc) is 2.77. The first-order chi connectivity index (χ1) is 8.69. The van der Waals surface area contributed by atoms with Gasteiger partial charge < -0.3 is 5.32 Å². The SMILES string of the molecule is Cn1cc(CCNc2ccc(Br)cc2C#N)cn1. The van der Waals surface area contributed by atoms with E-state index in [1.807, 2.05) is 37.6 Å². The molecular formula is C13H13BrN4. The van der Waals surface area contributed by atoms with Gasteiger partial charge in [0, 0.05) is 24.3 Å². The van der Waals surface area contributed by atoms with Crippen LogP contribution in [0.15, 0.2) is 35.1 Å². The normalized spacial score (nSPS) is 10.1. The molecule has 0 spiro atoms. The number of hydrogen-bond donors (Lipinski definition) is 1. The van der Waals surface area contributed by atoms with E-state index >= 15 is 0 Å². The second-order valence-corrected chi connectivity index (χ2v) is 4.92. The minimum Gasteiger partial charge on any atom is -0.384 e. The van der Waals surface area contributed by atoms with Gasteiger partial charge in [-0.05, 0) is 30.2 Å². The lowest BCUT2D eigenvalue weighted by atomic mass is 10.2. The van der Waals surface area contributed by atoms with Crippen molar-refractivity contribution in [2.75, 3.05) is 11.9 Å². The first-order valence-corrected chi connectivity index (χ1v) is 6.39. The van der Waals surface area contributed by atoms with Gasteiger partial charge in [-0.25, -0.2) is 0 Å². The van der Waals surface area contributed by atoms with Gasteiger partial charge >= 0.3 is 0 Å². The quantitative estimate of drug-likeness (QED) is 0.945. The summed E-state index contributed by atoms with van der Waals surface area (Å²) in [5, 5.41) is 16.4. The zero-order valence-corrected chi connectivity index (χ0v) is 11.6. The molecule has 0 saturated carbocycles. The Kier molecular flexibility index (Phi) is 4.00. The van der Waals surface area contributed by atoms with Gasteiger partial charge in [-0.3, -0.25) is 4.68 Å². The van der Waals surface area contributed by atoms with Gasteiger partial charge in [-0.1, -0.05) is 15.9 Å². The van der Waals surface area contributed by atoms with Gasteiger partial charge in [0.05, 0.1) is 17.4 Å². The number of hydrogen-bond acceptors (Lipinski definition) is 3. The summed E-state index contributed by atoms with van der Waals surface area (Å²) in [6.07, 6.45) is 4.73. The lowest BCUT2D eigenvalue weighted by Crippen LogP contribution is -2.05. The van der Waals surface area contributed by atoms with Crippen molar-refractivity contribution in [3.05, 3.63) is 46.2 Å². The third-order valence-electron chi connectivity index (χ3n) is 2.59. The minimum atomic E-state index is 0.649. The van der Waals surface area contributed by atoms with Gasteiger partial charge in [0.25, 0.3) is 0 Å². The highest BCUT2D eigenvalue weighted by atomic mass is 79.9. The minimum absolute atomic E-state index is 0.649. The van der Waals surface area contributed by atoms with Crippen LogP contribution in [0, 0.1) is 11.3 Å². The molecule has 1 N–H and O–H groups in total. The van der Waals surface area contributed by atoms with E-state index in [0.717, 1.165) is 23.1 Å². The average molecular weight is 305 g/mol. The van der Waals surface area contributed by atoms with Crippen LogP contribution in [-0.2, 0) is 13.5 Å². The van der Waals surface area contributed by atoms with Crippen LogP contribution in [0.1, 0.15) is 11.1 Å². The van der Waals surface area contributed by atoms with Crippen molar-refractivity contribution < 1.29 is 0 Å². The molecule has 2 rings (SSSR count). The summed E-state index contributed by atoms with van der Waals surface area (Å²) in [5.41, 5.74) is 2.70. The summed E-state index contributed by atoms with van der Waals surface area (Å²) < 4.78 is 2.70. The van der Waals surface area contributed by atoms with E-state index in [2.05, 4.69) is 32.4 Å². The molecule has 0 fully saturated rings. The Morgan fingerprint density at radius 2 is 2.33 bits per heavy atom. The molecular weight excluding hydrogens is 292 g/mol. The lowest BCUT2D eigenvalue weighted by molar-refractivity contribution is 0.767. The molecule has 1 aromatic heterocycles. The molecule has 0 unspecified atom stereocenters. The number of rotatable bonds is 4. The fourth-order valence-electron chi connectivity index (χ4n) is 1.71. The van der Waals surface area contributed by atoms with Crippen molar-refractivity contribution in [2.45, 2.75) is 6.42 Å². The number of benzene rings is 1. The monoisotopic (exact) mass is 304 g/mol. The number of aryl methyl sites for hydroxylation is 1. The molecule has 1 heterocycles. The Hall–Kier alpha value is -1.80. The second-order valence-electron chi connectivity index (χ2n) is 4.00. The van der Waals surface area contributed by atoms with Gasteiger partial charge in [0.1, 0.15) is 6.07 Å². The molecule has 2 aromatic rings. The zero-order valence-electron chi connectivity index (χ0n) is 10.0. The number of nitriles is 1. The van der Waals surface area contributed by atoms with Crippen LogP contribution < -0.4 is 5.32 Å². The van der Waals surface area contributed by atoms with Crippen LogP contribution in [0.5, 0.6) is 0 Å². The fourth-order valence-corrected chi connectivity index (χ4v) is 2.07. The van der Waals surface area contributed by atoms with Crippen LogP contribution >= 0.6 is 15.9 Å². The number of nitrogens with one attached hydrogen (secondary N) is 1. The number of anilines is 1. The summed E-state index contributed by atoms with van der Waals surface area (Å²) in [6, 6.07) is 7.82. The largest absolute Gasteiger partial charge is 0.384 e. The molecule has 92 valence electrons. The van der Waals surface area contributed by atoms with E-state index < -0.39 is 0 Å². The van der Waals surface area contributed by atoms with Crippen molar-refractivity contribution in [3.63, 3.8) is 0 Å². The van der Waals surface area contributed by atoms with Gasteiger partial charge in [-0.2, -0.15) is 10.4 Å². The highest BCUT2D eigenvalue weighted by molar-refractivity contribution is 9.10. The number of aromatic nitrogens is 2. The van der Waals surface area contributed by atoms with Gasteiger partial charge in [-0.15, -0.1) is 0 Å². The van der Waals surface area contributed by atoms with Crippen LogP contribution in [0.3, 0.4) is 0 Å². The molecule has 18 heavy (non-hydrogen) atoms. The molecule has 5 heteroatoms. The Morgan fingerprint density at radius 1 is 1.50 bits per heavy atom. The van der Waals surface area contributed by atoms with Crippen LogP contribution in [-0.4, -0.2) is 16.3 Å². The maximum atomic E-state index is 9.04. The van der Waals surface area contributed by atoms with E-state index in [9.17, 15) is 0 Å². The number of nitrogens with zero attached hydrogens (tertiary/aromatic N) is 3. The highest BCUT2D eigenvalue weighted by Gasteiger charge is 2.02. The molecule has 0 bridgehead atoms. The molecule has 0 aliphatic carbocycles. The molecule has 4 nitrogen and oxygen atoms in total. The third-order valence-corrected chi connectivity index (χ3v) is 3.08. The van der Waals surface area contributed by atoms with E-state index in [0.29, 0.717) is 5.56 Å². The van der Waals surface area contributed by atoms with Crippen LogP contribution in [0.4, 0.5) is 5.69 Å². The van der Waals surface area contributed by atoms with Crippen molar-refractivity contribution >= 4 is 21.6 Å². The number of halogens is 1. The molecule has 0 amide bonds. The van der Waals surface area contributed by atoms with E-state index in [1.165, 1.54) is 5.56 Å². The Morgan fingerprint density at radius 3 is 3.00 bits per heavy atom. The summed E-state index contributed by atoms with van der Waals surface area (Å²) in [5.74, 6) is 0. The first kappa shape index (κ1) is 12.7. The third kappa shape index (κ3) is 3.11. The van der Waals surface area contributed by atoms with Crippen LogP contribution in [0.25, 0.3) is 0 Å². The van der Waals surface area contributed by atoms with E-state index in [-0.39, 0.29) is 0 Å². The van der Waals surface area contributed by atoms with E-state index in [1.54, 1.807) is 4.68 Å². The molecule has 0 atom stereocenters. The standard InChI is InChI=1S/C13H13BrN4/c1-18-9-10(8-17-18)4-5-16-13-3-2-12(14)6-11(13)7-15/h2-3,6,8-9,16H,4-5H2,1H3. The Balaban J connectivity index is 1.96. The topological polar surface area (TPSA) is 53.6 Å². The van der Waals surface area contributed by atoms with Gasteiger partial charge in [0.2, 0.25) is 0 Å². The predicted molar refractivity (Wildman–Crippen MR) is 74.3 cm³/mol. The van der Waals surface area contributed by atoms with Crippen molar-refractivity contribution in [3.8, 4) is 6.07 Å². The fraction of sp³-hybridized carbons (Fsp3) is 0.231. The molecule has 0 saturated heterocycles. The van der Waals surface area contributed by atoms with Crippen molar-refractivity contribution in [1.82, 2.24) is 9.78 Å². The lowest BCUT2D eigenvalue weighted by Gasteiger charge is -2.07. The molecule has 0 radical (unpaired) electrons. The van der Waals surface area contributed by atoms with Crippen molar-refractivity contribution in [2.24, 2.45) is 7.05 Å². The predicted octanol–water partition coefficient (Wildman–Crippen LogP) is 2.71. The second kappa shape index (κ2) is 5.69. The maximum absolute atomic E-state index is 9.04. The first-order valence-electron chi connectivity index (χ1n) is 5.60. The molecule has 0 aliphatic heterocycles. The Bertz CT molecular complexity index is 583. The smallest absolute Gasteiger partial charge is 0.101 e. The summed E-state index contributed by atoms with van der Waals surface area (Å²) >= 11 is 3.35. The Labute approximate surface area is 114 Å².